The molecule has 0 spiro atoms. The summed E-state index contributed by atoms with van der Waals surface area (Å²) in [6.45, 7) is 0. The quantitative estimate of drug-likeness (QED) is 0.804. The van der Waals surface area contributed by atoms with Crippen LogP contribution in [0, 0.1) is 11.6 Å². The molecular weight excluding hydrogens is 260 g/mol. The van der Waals surface area contributed by atoms with Gasteiger partial charge < -0.3 is 4.74 Å². The van der Waals surface area contributed by atoms with Gasteiger partial charge in [0.2, 0.25) is 0 Å². The molecule has 1 unspecified atom stereocenters. The number of hydrogen-bond donors (Lipinski definition) is 0. The van der Waals surface area contributed by atoms with Crippen LogP contribution in [-0.2, 0) is 9.53 Å². The highest BCUT2D eigenvalue weighted by atomic mass is 32.1. The van der Waals surface area contributed by atoms with Gasteiger partial charge in [0.05, 0.1) is 7.11 Å². The maximum absolute atomic E-state index is 13.2. The molecule has 94 valence electrons. The lowest BCUT2D eigenvalue weighted by molar-refractivity contribution is -0.141. The first kappa shape index (κ1) is 12.6. The third-order valence-corrected chi connectivity index (χ3v) is 3.25. The number of esters is 1. The molecule has 18 heavy (non-hydrogen) atoms. The standard InChI is InChI=1S/C12H9F2NO2S/c1-17-12(16)10(11-15-4-5-18-11)7-2-3-8(13)9(14)6-7/h2-6,10H,1H3. The van der Waals surface area contributed by atoms with Crippen LogP contribution in [0.15, 0.2) is 29.8 Å². The number of benzene rings is 1. The van der Waals surface area contributed by atoms with Crippen molar-refractivity contribution < 1.29 is 18.3 Å². The lowest BCUT2D eigenvalue weighted by Crippen LogP contribution is -2.15. The minimum absolute atomic E-state index is 0.315. The zero-order chi connectivity index (χ0) is 13.1. The Balaban J connectivity index is 2.46. The molecule has 2 rings (SSSR count). The number of aromatic nitrogens is 1. The summed E-state index contributed by atoms with van der Waals surface area (Å²) in [5.74, 6) is -3.35. The van der Waals surface area contributed by atoms with E-state index in [-0.39, 0.29) is 0 Å². The van der Waals surface area contributed by atoms with Crippen molar-refractivity contribution in [3.05, 3.63) is 52.0 Å². The number of rotatable bonds is 3. The van der Waals surface area contributed by atoms with E-state index in [1.807, 2.05) is 0 Å². The van der Waals surface area contributed by atoms with Crippen LogP contribution in [0.1, 0.15) is 16.5 Å². The van der Waals surface area contributed by atoms with Crippen LogP contribution in [0.4, 0.5) is 8.78 Å². The molecule has 1 aromatic heterocycles. The van der Waals surface area contributed by atoms with Crippen molar-refractivity contribution in [1.29, 1.82) is 0 Å². The SMILES string of the molecule is COC(=O)C(c1ccc(F)c(F)c1)c1nccs1. The van der Waals surface area contributed by atoms with Crippen LogP contribution in [0.25, 0.3) is 0 Å². The van der Waals surface area contributed by atoms with E-state index in [0.29, 0.717) is 10.6 Å². The Hall–Kier alpha value is -1.82. The van der Waals surface area contributed by atoms with Crippen LogP contribution in [0.5, 0.6) is 0 Å². The van der Waals surface area contributed by atoms with Crippen molar-refractivity contribution in [2.75, 3.05) is 7.11 Å². The highest BCUT2D eigenvalue weighted by Gasteiger charge is 2.26. The molecule has 0 bridgehead atoms. The van der Waals surface area contributed by atoms with E-state index < -0.39 is 23.5 Å². The number of methoxy groups -OCH3 is 1. The summed E-state index contributed by atoms with van der Waals surface area (Å²) in [4.78, 5) is 15.8. The minimum Gasteiger partial charge on any atom is -0.468 e. The molecule has 0 N–H and O–H groups in total. The summed E-state index contributed by atoms with van der Waals surface area (Å²) in [5.41, 5.74) is 0.315. The number of halogens is 2. The molecule has 0 aliphatic carbocycles. The van der Waals surface area contributed by atoms with E-state index in [4.69, 9.17) is 0 Å². The maximum Gasteiger partial charge on any atom is 0.320 e. The summed E-state index contributed by atoms with van der Waals surface area (Å²) in [7, 11) is 1.24. The fraction of sp³-hybridized carbons (Fsp3) is 0.167. The smallest absolute Gasteiger partial charge is 0.320 e. The summed E-state index contributed by atoms with van der Waals surface area (Å²) in [6.07, 6.45) is 1.54. The Morgan fingerprint density at radius 2 is 2.17 bits per heavy atom. The Labute approximate surface area is 106 Å². The van der Waals surface area contributed by atoms with Gasteiger partial charge in [-0.05, 0) is 17.7 Å². The summed E-state index contributed by atoms with van der Waals surface area (Å²) in [6, 6.07) is 3.31. The third kappa shape index (κ3) is 2.38. The van der Waals surface area contributed by atoms with E-state index in [2.05, 4.69) is 9.72 Å². The van der Waals surface area contributed by atoms with Gasteiger partial charge in [0.25, 0.3) is 0 Å². The Morgan fingerprint density at radius 3 is 2.72 bits per heavy atom. The average Bonchev–Trinajstić information content (AvgIpc) is 2.87. The van der Waals surface area contributed by atoms with Gasteiger partial charge in [-0.15, -0.1) is 11.3 Å². The molecule has 1 atom stereocenters. The molecular formula is C12H9F2NO2S. The first-order valence-electron chi connectivity index (χ1n) is 5.05. The molecule has 0 fully saturated rings. The molecule has 1 heterocycles. The predicted octanol–water partition coefficient (Wildman–Crippen LogP) is 2.73. The van der Waals surface area contributed by atoms with Crippen LogP contribution >= 0.6 is 11.3 Å². The van der Waals surface area contributed by atoms with Crippen LogP contribution in [0.2, 0.25) is 0 Å². The summed E-state index contributed by atoms with van der Waals surface area (Å²) >= 11 is 1.25. The van der Waals surface area contributed by atoms with Crippen molar-refractivity contribution in [2.24, 2.45) is 0 Å². The van der Waals surface area contributed by atoms with E-state index in [1.54, 1.807) is 5.38 Å². The molecule has 1 aromatic carbocycles. The molecule has 0 aliphatic heterocycles. The second kappa shape index (κ2) is 5.22. The number of carbonyl (C=O) groups is 1. The number of thiazole rings is 1. The van der Waals surface area contributed by atoms with Gasteiger partial charge in [0.15, 0.2) is 11.6 Å². The molecule has 6 heteroatoms. The summed E-state index contributed by atoms with van der Waals surface area (Å²) < 4.78 is 30.8. The average molecular weight is 269 g/mol. The normalized spacial score (nSPS) is 12.2. The highest BCUT2D eigenvalue weighted by Crippen LogP contribution is 2.28. The highest BCUT2D eigenvalue weighted by molar-refractivity contribution is 7.09. The molecule has 0 amide bonds. The van der Waals surface area contributed by atoms with E-state index in [9.17, 15) is 13.6 Å². The molecule has 0 aliphatic rings. The number of hydrogen-bond acceptors (Lipinski definition) is 4. The molecule has 0 radical (unpaired) electrons. The molecule has 0 saturated heterocycles. The van der Waals surface area contributed by atoms with Gasteiger partial charge in [-0.1, -0.05) is 6.07 Å². The third-order valence-electron chi connectivity index (χ3n) is 2.41. The Morgan fingerprint density at radius 1 is 1.39 bits per heavy atom. The zero-order valence-corrected chi connectivity index (χ0v) is 10.2. The first-order valence-corrected chi connectivity index (χ1v) is 5.93. The van der Waals surface area contributed by atoms with E-state index in [1.165, 1.54) is 30.7 Å². The monoisotopic (exact) mass is 269 g/mol. The van der Waals surface area contributed by atoms with Gasteiger partial charge in [-0.25, -0.2) is 13.8 Å². The van der Waals surface area contributed by atoms with Crippen LogP contribution < -0.4 is 0 Å². The van der Waals surface area contributed by atoms with Crippen molar-refractivity contribution in [3.8, 4) is 0 Å². The molecule has 2 aromatic rings. The van der Waals surface area contributed by atoms with Gasteiger partial charge in [0, 0.05) is 11.6 Å². The van der Waals surface area contributed by atoms with Gasteiger partial charge in [-0.3, -0.25) is 4.79 Å². The van der Waals surface area contributed by atoms with Crippen LogP contribution in [0.3, 0.4) is 0 Å². The Kier molecular flexibility index (Phi) is 3.66. The number of nitrogens with zero attached hydrogens (tertiary/aromatic N) is 1. The van der Waals surface area contributed by atoms with Crippen LogP contribution in [-0.4, -0.2) is 18.1 Å². The van der Waals surface area contributed by atoms with Crippen molar-refractivity contribution >= 4 is 17.3 Å². The fourth-order valence-corrected chi connectivity index (χ4v) is 2.32. The molecule has 3 nitrogen and oxygen atoms in total. The first-order chi connectivity index (χ1) is 8.63. The van der Waals surface area contributed by atoms with Crippen molar-refractivity contribution in [1.82, 2.24) is 4.98 Å². The van der Waals surface area contributed by atoms with E-state index in [0.717, 1.165) is 12.1 Å². The maximum atomic E-state index is 13.2. The second-order valence-corrected chi connectivity index (χ2v) is 4.43. The number of carbonyl (C=O) groups excluding carboxylic acids is 1. The topological polar surface area (TPSA) is 39.2 Å². The number of ether oxygens (including phenoxy) is 1. The van der Waals surface area contributed by atoms with Crippen molar-refractivity contribution in [2.45, 2.75) is 5.92 Å². The largest absolute Gasteiger partial charge is 0.468 e. The zero-order valence-electron chi connectivity index (χ0n) is 9.39. The predicted molar refractivity (Wildman–Crippen MR) is 62.3 cm³/mol. The second-order valence-electron chi connectivity index (χ2n) is 3.50. The lowest BCUT2D eigenvalue weighted by atomic mass is 10.00. The van der Waals surface area contributed by atoms with Gasteiger partial charge in [0.1, 0.15) is 10.9 Å². The lowest BCUT2D eigenvalue weighted by Gasteiger charge is -2.12. The fourth-order valence-electron chi connectivity index (χ4n) is 1.57. The van der Waals surface area contributed by atoms with E-state index >= 15 is 0 Å². The molecule has 0 saturated carbocycles. The Bertz CT molecular complexity index is 557. The van der Waals surface area contributed by atoms with Gasteiger partial charge in [-0.2, -0.15) is 0 Å². The minimum atomic E-state index is -1.00. The summed E-state index contributed by atoms with van der Waals surface area (Å²) in [5, 5.41) is 2.18. The van der Waals surface area contributed by atoms with Crippen molar-refractivity contribution in [3.63, 3.8) is 0 Å². The van der Waals surface area contributed by atoms with Gasteiger partial charge >= 0.3 is 5.97 Å².